The Morgan fingerprint density at radius 3 is 2.23 bits per heavy atom. The van der Waals surface area contributed by atoms with Gasteiger partial charge in [0.2, 0.25) is 0 Å². The zero-order valence-electron chi connectivity index (χ0n) is 30.9. The van der Waals surface area contributed by atoms with Crippen molar-refractivity contribution in [3.63, 3.8) is 0 Å². The molecule has 4 unspecified atom stereocenters. The van der Waals surface area contributed by atoms with Crippen LogP contribution in [0.15, 0.2) is 193 Å². The van der Waals surface area contributed by atoms with Crippen LogP contribution in [0.3, 0.4) is 0 Å². The van der Waals surface area contributed by atoms with Crippen molar-refractivity contribution in [2.45, 2.75) is 24.2 Å². The van der Waals surface area contributed by atoms with Crippen LogP contribution in [0.4, 0.5) is 0 Å². The van der Waals surface area contributed by atoms with Gasteiger partial charge in [-0.15, -0.1) is 0 Å². The van der Waals surface area contributed by atoms with Gasteiger partial charge in [0, 0.05) is 34.1 Å². The molecule has 1 fully saturated rings. The molecule has 7 aromatic carbocycles. The Morgan fingerprint density at radius 1 is 0.607 bits per heavy atom. The topological polar surface area (TPSA) is 12.9 Å². The molecule has 1 aromatic heterocycles. The molecule has 4 atom stereocenters. The van der Waals surface area contributed by atoms with Crippen molar-refractivity contribution in [1.82, 2.24) is 4.98 Å². The van der Waals surface area contributed by atoms with Gasteiger partial charge < -0.3 is 0 Å². The molecule has 262 valence electrons. The fraction of sp³-hybridized carbons (Fsp3) is 0.109. The van der Waals surface area contributed by atoms with E-state index in [2.05, 4.69) is 182 Å². The minimum Gasteiger partial charge on any atom is -0.248 e. The van der Waals surface area contributed by atoms with E-state index in [0.29, 0.717) is 17.8 Å². The number of rotatable bonds is 5. The van der Waals surface area contributed by atoms with E-state index < -0.39 is 0 Å². The highest BCUT2D eigenvalue weighted by Crippen LogP contribution is 2.78. The second kappa shape index (κ2) is 11.2. The zero-order chi connectivity index (χ0) is 36.5. The van der Waals surface area contributed by atoms with E-state index in [1.807, 2.05) is 0 Å². The van der Waals surface area contributed by atoms with Crippen LogP contribution in [-0.2, 0) is 11.8 Å². The predicted octanol–water partition coefficient (Wildman–Crippen LogP) is 13.4. The molecule has 1 saturated carbocycles. The number of benzene rings is 7. The zero-order valence-corrected chi connectivity index (χ0v) is 30.9. The van der Waals surface area contributed by atoms with E-state index in [4.69, 9.17) is 4.98 Å². The largest absolute Gasteiger partial charge is 0.248 e. The lowest BCUT2D eigenvalue weighted by molar-refractivity contribution is 0.386. The lowest BCUT2D eigenvalue weighted by Crippen LogP contribution is -2.41. The predicted molar refractivity (Wildman–Crippen MR) is 232 cm³/mol. The second-order valence-electron chi connectivity index (χ2n) is 16.5. The lowest BCUT2D eigenvalue weighted by Gasteiger charge is -2.47. The van der Waals surface area contributed by atoms with E-state index in [9.17, 15) is 0 Å². The Morgan fingerprint density at radius 2 is 1.38 bits per heavy atom. The summed E-state index contributed by atoms with van der Waals surface area (Å²) in [4.78, 5) is 5.44. The average molecular weight is 712 g/mol. The first kappa shape index (κ1) is 30.7. The highest BCUT2D eigenvalue weighted by atomic mass is 14.7. The first-order chi connectivity index (χ1) is 27.7. The number of aromatic nitrogens is 1. The molecule has 1 nitrogen and oxygen atoms in total. The van der Waals surface area contributed by atoms with Crippen LogP contribution in [0.1, 0.15) is 40.2 Å². The fourth-order valence-electron chi connectivity index (χ4n) is 11.4. The minimum absolute atomic E-state index is 0.140. The number of fused-ring (bicyclic) bond motifs is 6. The van der Waals surface area contributed by atoms with Crippen molar-refractivity contribution >= 4 is 44.1 Å². The third-order valence-corrected chi connectivity index (χ3v) is 13.9. The summed E-state index contributed by atoms with van der Waals surface area (Å²) in [6.45, 7) is 0. The van der Waals surface area contributed by atoms with E-state index in [-0.39, 0.29) is 5.41 Å². The standard InChI is InChI=1S/C55H37N/c1-2-13-35(14-3-1)44-31-49(56-48-26-25-36-15-8-9-20-43(36)52(44)48)39-18-10-19-42(29-39)55-32-46-50(40-23-21-33-11-4-6-16-37(33)27-40)45-30-47(55)53(45)51(54(46)55)41-24-22-34-12-5-7-17-38(34)28-41/h1-8,10-19,21-32,51,53-54H,9,20H2. The average Bonchev–Trinajstić information content (AvgIpc) is 3.50. The van der Waals surface area contributed by atoms with E-state index >= 15 is 0 Å². The number of hydrogen-bond acceptors (Lipinski definition) is 1. The molecule has 0 saturated heterocycles. The van der Waals surface area contributed by atoms with Gasteiger partial charge in [-0.1, -0.05) is 158 Å². The van der Waals surface area contributed by atoms with Crippen LogP contribution in [0, 0.1) is 11.8 Å². The maximum Gasteiger partial charge on any atom is 0.0718 e. The Bertz CT molecular complexity index is 3160. The summed E-state index contributed by atoms with van der Waals surface area (Å²) in [6.07, 6.45) is 11.9. The Hall–Kier alpha value is -6.57. The van der Waals surface area contributed by atoms with Crippen molar-refractivity contribution in [3.05, 3.63) is 220 Å². The molecule has 0 N–H and O–H groups in total. The van der Waals surface area contributed by atoms with Crippen LogP contribution < -0.4 is 0 Å². The van der Waals surface area contributed by atoms with Gasteiger partial charge in [0.05, 0.1) is 11.2 Å². The normalized spacial score (nSPS) is 22.5. The molecule has 8 aromatic rings. The molecule has 0 spiro atoms. The van der Waals surface area contributed by atoms with Crippen molar-refractivity contribution in [3.8, 4) is 22.4 Å². The van der Waals surface area contributed by atoms with Crippen molar-refractivity contribution in [1.29, 1.82) is 0 Å². The number of aryl methyl sites for hydroxylation is 1. The molecular weight excluding hydrogens is 675 g/mol. The summed E-state index contributed by atoms with van der Waals surface area (Å²) >= 11 is 0. The number of pyridine rings is 1. The molecule has 56 heavy (non-hydrogen) atoms. The Kier molecular flexibility index (Phi) is 6.17. The third kappa shape index (κ3) is 4.07. The van der Waals surface area contributed by atoms with Crippen molar-refractivity contribution in [2.24, 2.45) is 11.8 Å². The summed E-state index contributed by atoms with van der Waals surface area (Å²) in [5.41, 5.74) is 18.7. The van der Waals surface area contributed by atoms with Crippen LogP contribution in [-0.4, -0.2) is 4.98 Å². The first-order valence-corrected chi connectivity index (χ1v) is 20.2. The summed E-state index contributed by atoms with van der Waals surface area (Å²) in [5, 5.41) is 6.53. The molecule has 1 heteroatoms. The highest BCUT2D eigenvalue weighted by Gasteiger charge is 2.69. The van der Waals surface area contributed by atoms with Gasteiger partial charge in [0.1, 0.15) is 0 Å². The van der Waals surface area contributed by atoms with Gasteiger partial charge >= 0.3 is 0 Å². The highest BCUT2D eigenvalue weighted by molar-refractivity contribution is 6.02. The number of allylic oxidation sites excluding steroid dienone is 7. The Labute approximate surface area is 326 Å². The van der Waals surface area contributed by atoms with Gasteiger partial charge in [-0.3, -0.25) is 0 Å². The molecule has 5 aliphatic carbocycles. The molecule has 1 heterocycles. The van der Waals surface area contributed by atoms with Gasteiger partial charge in [-0.2, -0.15) is 0 Å². The van der Waals surface area contributed by atoms with E-state index in [0.717, 1.165) is 24.1 Å². The third-order valence-electron chi connectivity index (χ3n) is 13.9. The smallest absolute Gasteiger partial charge is 0.0718 e. The van der Waals surface area contributed by atoms with E-state index in [1.165, 1.54) is 88.2 Å². The van der Waals surface area contributed by atoms with Crippen LogP contribution in [0.2, 0.25) is 0 Å². The van der Waals surface area contributed by atoms with Crippen LogP contribution >= 0.6 is 0 Å². The van der Waals surface area contributed by atoms with Gasteiger partial charge in [0.15, 0.2) is 0 Å². The molecule has 0 aliphatic heterocycles. The summed E-state index contributed by atoms with van der Waals surface area (Å²) in [7, 11) is 0. The number of nitrogens with zero attached hydrogens (tertiary/aromatic N) is 1. The molecular formula is C55H37N. The van der Waals surface area contributed by atoms with Gasteiger partial charge in [0.25, 0.3) is 0 Å². The molecule has 13 rings (SSSR count). The molecule has 0 radical (unpaired) electrons. The second-order valence-corrected chi connectivity index (χ2v) is 16.5. The minimum atomic E-state index is -0.140. The Balaban J connectivity index is 0.988. The molecule has 5 aliphatic rings. The van der Waals surface area contributed by atoms with Gasteiger partial charge in [-0.05, 0) is 120 Å². The lowest BCUT2D eigenvalue weighted by atomic mass is 9.55. The van der Waals surface area contributed by atoms with E-state index in [1.54, 1.807) is 5.57 Å². The molecule has 2 bridgehead atoms. The monoisotopic (exact) mass is 711 g/mol. The molecule has 0 amide bonds. The fourth-order valence-corrected chi connectivity index (χ4v) is 11.4. The van der Waals surface area contributed by atoms with Gasteiger partial charge in [-0.25, -0.2) is 4.98 Å². The SMILES string of the molecule is C1=Cc2ccc3nc(-c4cccc(C56C=C7C(c8ccc9ccccc9c8)=C8C=C5C8C(c5ccc8ccccc8c5)C76)c4)cc(-c4ccccc4)c3c2CC1. The van der Waals surface area contributed by atoms with Crippen LogP contribution in [0.5, 0.6) is 0 Å². The van der Waals surface area contributed by atoms with Crippen LogP contribution in [0.25, 0.3) is 66.5 Å². The van der Waals surface area contributed by atoms with Crippen molar-refractivity contribution in [2.75, 3.05) is 0 Å². The number of hydrogen-bond donors (Lipinski definition) is 0. The summed E-state index contributed by atoms with van der Waals surface area (Å²) < 4.78 is 0. The maximum atomic E-state index is 5.44. The summed E-state index contributed by atoms with van der Waals surface area (Å²) in [5.74, 6) is 1.18. The first-order valence-electron chi connectivity index (χ1n) is 20.2. The quantitative estimate of drug-likeness (QED) is 0.173. The summed E-state index contributed by atoms with van der Waals surface area (Å²) in [6, 6.07) is 59.1. The van der Waals surface area contributed by atoms with Crippen molar-refractivity contribution < 1.29 is 0 Å². The maximum absolute atomic E-state index is 5.44.